The first-order chi connectivity index (χ1) is 16.1. The fourth-order valence-electron chi connectivity index (χ4n) is 4.32. The molecule has 1 aromatic carbocycles. The number of pyridine rings is 1. The Morgan fingerprint density at radius 2 is 1.68 bits per heavy atom. The average Bonchev–Trinajstić information content (AvgIpc) is 3.13. The third-order valence-electron chi connectivity index (χ3n) is 6.55. The molecule has 3 heterocycles. The molecule has 2 aromatic heterocycles. The summed E-state index contributed by atoms with van der Waals surface area (Å²) >= 11 is 0. The second-order valence-corrected chi connectivity index (χ2v) is 9.33. The number of piperazine rings is 1. The molecule has 0 N–H and O–H groups in total. The lowest BCUT2D eigenvalue weighted by Crippen LogP contribution is -2.48. The summed E-state index contributed by atoms with van der Waals surface area (Å²) in [5, 5.41) is 0. The lowest BCUT2D eigenvalue weighted by molar-refractivity contribution is -0.146. The highest BCUT2D eigenvalue weighted by molar-refractivity contribution is 5.73. The first kappa shape index (κ1) is 24.4. The van der Waals surface area contributed by atoms with E-state index >= 15 is 0 Å². The van der Waals surface area contributed by atoms with E-state index in [1.54, 1.807) is 13.0 Å². The lowest BCUT2D eigenvalue weighted by atomic mass is 10.1. The van der Waals surface area contributed by atoms with Gasteiger partial charge in [0.05, 0.1) is 6.54 Å². The van der Waals surface area contributed by atoms with E-state index in [9.17, 15) is 13.2 Å². The molecule has 1 saturated heterocycles. The van der Waals surface area contributed by atoms with Gasteiger partial charge < -0.3 is 4.57 Å². The Bertz CT molecular complexity index is 1150. The van der Waals surface area contributed by atoms with Gasteiger partial charge in [-0.05, 0) is 50.5 Å². The molecule has 0 saturated carbocycles. The Labute approximate surface area is 198 Å². The second-order valence-electron chi connectivity index (χ2n) is 9.33. The number of rotatable bonds is 6. The molecule has 0 radical (unpaired) electrons. The zero-order valence-corrected chi connectivity index (χ0v) is 20.2. The summed E-state index contributed by atoms with van der Waals surface area (Å²) in [6.45, 7) is 13.4. The van der Waals surface area contributed by atoms with Crippen LogP contribution in [0.2, 0.25) is 0 Å². The number of benzene rings is 1. The number of nitrogens with zero attached hydrogens (tertiary/aromatic N) is 5. The minimum absolute atomic E-state index is 0.0605. The molecular formula is C26H32F3N5. The van der Waals surface area contributed by atoms with E-state index in [1.165, 1.54) is 4.57 Å². The van der Waals surface area contributed by atoms with Gasteiger partial charge in [0.25, 0.3) is 0 Å². The molecule has 0 bridgehead atoms. The van der Waals surface area contributed by atoms with Crippen LogP contribution >= 0.6 is 0 Å². The first-order valence-corrected chi connectivity index (χ1v) is 11.8. The van der Waals surface area contributed by atoms with Gasteiger partial charge >= 0.3 is 6.18 Å². The third kappa shape index (κ3) is 5.50. The number of aryl methyl sites for hydroxylation is 2. The first-order valence-electron chi connectivity index (χ1n) is 11.8. The zero-order valence-electron chi connectivity index (χ0n) is 20.2. The smallest absolute Gasteiger partial charge is 0.301 e. The van der Waals surface area contributed by atoms with Crippen LogP contribution in [0.25, 0.3) is 17.2 Å². The highest BCUT2D eigenvalue weighted by Crippen LogP contribution is 2.32. The van der Waals surface area contributed by atoms with E-state index in [4.69, 9.17) is 0 Å². The van der Waals surface area contributed by atoms with Gasteiger partial charge in [-0.25, -0.2) is 9.97 Å². The Hall–Kier alpha value is -2.71. The second kappa shape index (κ2) is 9.88. The van der Waals surface area contributed by atoms with Gasteiger partial charge in [0.2, 0.25) is 5.82 Å². The van der Waals surface area contributed by atoms with Gasteiger partial charge in [-0.3, -0.25) is 9.80 Å². The highest BCUT2D eigenvalue weighted by atomic mass is 19.4. The summed E-state index contributed by atoms with van der Waals surface area (Å²) in [7, 11) is 0. The van der Waals surface area contributed by atoms with Crippen LogP contribution in [0.15, 0.2) is 36.4 Å². The zero-order chi connectivity index (χ0) is 24.5. The molecule has 34 heavy (non-hydrogen) atoms. The van der Waals surface area contributed by atoms with Gasteiger partial charge in [0.15, 0.2) is 5.65 Å². The van der Waals surface area contributed by atoms with E-state index in [1.807, 2.05) is 31.2 Å². The van der Waals surface area contributed by atoms with Crippen LogP contribution in [0.5, 0.6) is 0 Å². The quantitative estimate of drug-likeness (QED) is 0.498. The van der Waals surface area contributed by atoms with Crippen molar-refractivity contribution in [2.24, 2.45) is 0 Å². The molecular weight excluding hydrogens is 439 g/mol. The molecule has 182 valence electrons. The summed E-state index contributed by atoms with van der Waals surface area (Å²) in [5.41, 5.74) is 3.85. The summed E-state index contributed by atoms with van der Waals surface area (Å²) in [5.74, 6) is -0.915. The van der Waals surface area contributed by atoms with E-state index in [0.717, 1.165) is 49.4 Å². The molecule has 1 aliphatic rings. The van der Waals surface area contributed by atoms with Crippen molar-refractivity contribution in [2.45, 2.75) is 46.5 Å². The number of alkyl halides is 3. The summed E-state index contributed by atoms with van der Waals surface area (Å²) in [6, 6.07) is 9.88. The normalized spacial score (nSPS) is 16.4. The van der Waals surface area contributed by atoms with Crippen molar-refractivity contribution < 1.29 is 13.2 Å². The molecule has 0 spiro atoms. The van der Waals surface area contributed by atoms with E-state index in [0.29, 0.717) is 11.7 Å². The van der Waals surface area contributed by atoms with E-state index in [-0.39, 0.29) is 17.7 Å². The largest absolute Gasteiger partial charge is 0.449 e. The number of halogens is 3. The topological polar surface area (TPSA) is 37.2 Å². The molecule has 3 aromatic rings. The van der Waals surface area contributed by atoms with E-state index in [2.05, 4.69) is 45.8 Å². The standard InChI is InChI=1S/C26H32F3N5/c1-18(2)33-14-12-32(13-15-33)11-5-6-21-7-9-22(10-8-21)17-34-24-23(16-19(3)20(4)30-24)31-25(34)26(27,28)29/h5-10,16,18H,11-15,17H2,1-4H3. The van der Waals surface area contributed by atoms with Crippen LogP contribution in [0.3, 0.4) is 0 Å². The third-order valence-corrected chi connectivity index (χ3v) is 6.55. The van der Waals surface area contributed by atoms with Crippen molar-refractivity contribution in [3.05, 3.63) is 64.6 Å². The number of imidazole rings is 1. The maximum Gasteiger partial charge on any atom is 0.449 e. The molecule has 0 amide bonds. The van der Waals surface area contributed by atoms with Gasteiger partial charge in [-0.2, -0.15) is 13.2 Å². The van der Waals surface area contributed by atoms with Gasteiger partial charge in [-0.15, -0.1) is 0 Å². The van der Waals surface area contributed by atoms with Gasteiger partial charge in [0, 0.05) is 44.5 Å². The Kier molecular flexibility index (Phi) is 7.09. The number of hydrogen-bond donors (Lipinski definition) is 0. The number of fused-ring (bicyclic) bond motifs is 1. The van der Waals surface area contributed by atoms with Crippen LogP contribution in [-0.2, 0) is 12.7 Å². The van der Waals surface area contributed by atoms with Crippen LogP contribution in [0, 0.1) is 13.8 Å². The van der Waals surface area contributed by atoms with Crippen molar-refractivity contribution in [1.29, 1.82) is 0 Å². The molecule has 0 aliphatic carbocycles. The minimum Gasteiger partial charge on any atom is -0.301 e. The predicted octanol–water partition coefficient (Wildman–Crippen LogP) is 5.15. The summed E-state index contributed by atoms with van der Waals surface area (Å²) in [6.07, 6.45) is -0.327. The van der Waals surface area contributed by atoms with Gasteiger partial charge in [0.1, 0.15) is 5.52 Å². The SMILES string of the molecule is Cc1cc2nc(C(F)(F)F)n(Cc3ccc(C=CCN4CCN(C(C)C)CC4)cc3)c2nc1C. The summed E-state index contributed by atoms with van der Waals surface area (Å²) in [4.78, 5) is 13.2. The van der Waals surface area contributed by atoms with E-state index < -0.39 is 12.0 Å². The molecule has 1 aliphatic heterocycles. The molecule has 4 rings (SSSR count). The predicted molar refractivity (Wildman–Crippen MR) is 130 cm³/mol. The fraction of sp³-hybridized carbons (Fsp3) is 0.462. The maximum atomic E-state index is 13.7. The average molecular weight is 472 g/mol. The van der Waals surface area contributed by atoms with Crippen LogP contribution in [0.4, 0.5) is 13.2 Å². The number of hydrogen-bond acceptors (Lipinski definition) is 4. The van der Waals surface area contributed by atoms with Crippen LogP contribution in [-0.4, -0.2) is 63.1 Å². The Morgan fingerprint density at radius 1 is 1.00 bits per heavy atom. The molecule has 0 atom stereocenters. The highest BCUT2D eigenvalue weighted by Gasteiger charge is 2.38. The molecule has 0 unspecified atom stereocenters. The monoisotopic (exact) mass is 471 g/mol. The van der Waals surface area contributed by atoms with Crippen molar-refractivity contribution in [3.8, 4) is 0 Å². The van der Waals surface area contributed by atoms with Crippen molar-refractivity contribution in [3.63, 3.8) is 0 Å². The molecule has 5 nitrogen and oxygen atoms in total. The summed E-state index contributed by atoms with van der Waals surface area (Å²) < 4.78 is 42.2. The van der Waals surface area contributed by atoms with Crippen molar-refractivity contribution in [2.75, 3.05) is 32.7 Å². The van der Waals surface area contributed by atoms with Gasteiger partial charge in [-0.1, -0.05) is 36.4 Å². The number of aromatic nitrogens is 3. The molecule has 1 fully saturated rings. The lowest BCUT2D eigenvalue weighted by Gasteiger charge is -2.36. The Balaban J connectivity index is 1.45. The minimum atomic E-state index is -4.55. The van der Waals surface area contributed by atoms with Crippen molar-refractivity contribution in [1.82, 2.24) is 24.3 Å². The Morgan fingerprint density at radius 3 is 2.29 bits per heavy atom. The maximum absolute atomic E-state index is 13.7. The van der Waals surface area contributed by atoms with Crippen LogP contribution < -0.4 is 0 Å². The fourth-order valence-corrected chi connectivity index (χ4v) is 4.32. The molecule has 8 heteroatoms. The van der Waals surface area contributed by atoms with Crippen molar-refractivity contribution >= 4 is 17.2 Å². The van der Waals surface area contributed by atoms with Crippen LogP contribution in [0.1, 0.15) is 42.1 Å².